The normalized spacial score (nSPS) is 37.4. The van der Waals surface area contributed by atoms with Crippen molar-refractivity contribution in [2.24, 2.45) is 16.7 Å². The van der Waals surface area contributed by atoms with Crippen molar-refractivity contribution in [2.75, 3.05) is 26.4 Å². The van der Waals surface area contributed by atoms with Crippen molar-refractivity contribution < 1.29 is 13.8 Å². The van der Waals surface area contributed by atoms with Crippen LogP contribution in [0.3, 0.4) is 0 Å². The first-order valence-electron chi connectivity index (χ1n) is 7.75. The second-order valence-corrected chi connectivity index (χ2v) is 8.54. The van der Waals surface area contributed by atoms with Crippen LogP contribution >= 0.6 is 8.38 Å². The molecule has 21 heavy (non-hydrogen) atoms. The van der Waals surface area contributed by atoms with Crippen molar-refractivity contribution in [3.63, 3.8) is 0 Å². The third-order valence-electron chi connectivity index (χ3n) is 6.20. The number of hydrogen-bond donors (Lipinski definition) is 0. The molecule has 120 valence electrons. The number of nitrogens with zero attached hydrogens (tertiary/aromatic N) is 1. The summed E-state index contributed by atoms with van der Waals surface area (Å²) in [6.07, 6.45) is 1.05. The summed E-state index contributed by atoms with van der Waals surface area (Å²) in [6, 6.07) is 0. The SMILES string of the molecule is [C-]#[N+]CCOP(C)OC1C2COC1(CC)C(C)(C)C2(C)C. The molecule has 1 saturated carbocycles. The Hall–Kier alpha value is -0.200. The predicted molar refractivity (Wildman–Crippen MR) is 85.2 cm³/mol. The van der Waals surface area contributed by atoms with Gasteiger partial charge in [0.2, 0.25) is 6.54 Å². The monoisotopic (exact) mass is 313 g/mol. The molecule has 1 aliphatic heterocycles. The van der Waals surface area contributed by atoms with Gasteiger partial charge in [-0.2, -0.15) is 0 Å². The van der Waals surface area contributed by atoms with Crippen LogP contribution in [0.4, 0.5) is 0 Å². The van der Waals surface area contributed by atoms with Crippen molar-refractivity contribution in [3.05, 3.63) is 11.4 Å². The number of fused-ring (bicyclic) bond motifs is 2. The molecule has 0 spiro atoms. The van der Waals surface area contributed by atoms with Gasteiger partial charge in [-0.05, 0) is 11.8 Å². The average Bonchev–Trinajstić information content (AvgIpc) is 2.83. The van der Waals surface area contributed by atoms with Crippen molar-refractivity contribution in [1.29, 1.82) is 0 Å². The molecule has 4 atom stereocenters. The molecule has 0 radical (unpaired) electrons. The molecule has 1 saturated heterocycles. The first-order chi connectivity index (χ1) is 9.74. The highest BCUT2D eigenvalue weighted by Gasteiger charge is 2.73. The van der Waals surface area contributed by atoms with Gasteiger partial charge in [-0.15, -0.1) is 0 Å². The molecule has 0 aromatic carbocycles. The van der Waals surface area contributed by atoms with Crippen molar-refractivity contribution in [3.8, 4) is 0 Å². The maximum Gasteiger partial charge on any atom is 0.238 e. The first-order valence-corrected chi connectivity index (χ1v) is 9.37. The van der Waals surface area contributed by atoms with Crippen molar-refractivity contribution in [1.82, 2.24) is 0 Å². The van der Waals surface area contributed by atoms with E-state index in [1.165, 1.54) is 0 Å². The molecule has 5 heteroatoms. The summed E-state index contributed by atoms with van der Waals surface area (Å²) in [4.78, 5) is 3.31. The highest BCUT2D eigenvalue weighted by molar-refractivity contribution is 7.46. The Balaban J connectivity index is 2.15. The molecule has 2 rings (SSSR count). The van der Waals surface area contributed by atoms with Gasteiger partial charge in [-0.3, -0.25) is 0 Å². The highest BCUT2D eigenvalue weighted by Crippen LogP contribution is 2.69. The molecule has 0 aromatic heterocycles. The molecule has 2 fully saturated rings. The summed E-state index contributed by atoms with van der Waals surface area (Å²) in [7, 11) is -0.960. The summed E-state index contributed by atoms with van der Waals surface area (Å²) in [6.45, 7) is 21.9. The summed E-state index contributed by atoms with van der Waals surface area (Å²) in [5.41, 5.74) is 0.0224. The Morgan fingerprint density at radius 3 is 2.57 bits per heavy atom. The summed E-state index contributed by atoms with van der Waals surface area (Å²) < 4.78 is 18.3. The van der Waals surface area contributed by atoms with Crippen LogP contribution in [-0.2, 0) is 13.8 Å². The van der Waals surface area contributed by atoms with E-state index in [4.69, 9.17) is 20.4 Å². The quantitative estimate of drug-likeness (QED) is 0.420. The van der Waals surface area contributed by atoms with Crippen molar-refractivity contribution in [2.45, 2.75) is 52.7 Å². The van der Waals surface area contributed by atoms with Gasteiger partial charge in [0, 0.05) is 18.0 Å². The summed E-state index contributed by atoms with van der Waals surface area (Å²) in [5, 5.41) is 0. The van der Waals surface area contributed by atoms with E-state index in [0.717, 1.165) is 13.0 Å². The number of hydrogen-bond acceptors (Lipinski definition) is 3. The molecular formula is C16H28NO3P. The second-order valence-electron chi connectivity index (χ2n) is 7.19. The lowest BCUT2D eigenvalue weighted by Crippen LogP contribution is -2.53. The molecule has 4 nitrogen and oxygen atoms in total. The van der Waals surface area contributed by atoms with Gasteiger partial charge in [-0.1, -0.05) is 34.6 Å². The van der Waals surface area contributed by atoms with Crippen LogP contribution in [0.25, 0.3) is 4.85 Å². The molecule has 1 aliphatic carbocycles. The van der Waals surface area contributed by atoms with Crippen LogP contribution in [-0.4, -0.2) is 38.1 Å². The molecule has 0 N–H and O–H groups in total. The Kier molecular flexibility index (Phi) is 4.72. The summed E-state index contributed by atoms with van der Waals surface area (Å²) >= 11 is 0. The zero-order valence-electron chi connectivity index (χ0n) is 14.1. The van der Waals surface area contributed by atoms with Crippen molar-refractivity contribution >= 4 is 8.38 Å². The fraction of sp³-hybridized carbons (Fsp3) is 0.938. The average molecular weight is 313 g/mol. The fourth-order valence-electron chi connectivity index (χ4n) is 4.17. The largest absolute Gasteiger partial charge is 0.371 e. The topological polar surface area (TPSA) is 32.0 Å². The smallest absolute Gasteiger partial charge is 0.238 e. The highest BCUT2D eigenvalue weighted by atomic mass is 31.2. The standard InChI is InChI=1S/C16H28NO3P/c1-8-16-13(20-21(7)19-10-9-17-6)12(11-18-16)14(2,3)15(16,4)5/h12-13H,8-11H2,1-5,7H3. The number of rotatable bonds is 6. The zero-order valence-corrected chi connectivity index (χ0v) is 15.0. The fourth-order valence-corrected chi connectivity index (χ4v) is 5.21. The van der Waals surface area contributed by atoms with Gasteiger partial charge < -0.3 is 18.6 Å². The maximum atomic E-state index is 6.80. The summed E-state index contributed by atoms with van der Waals surface area (Å²) in [5.74, 6) is 0.405. The minimum atomic E-state index is -0.960. The van der Waals surface area contributed by atoms with Crippen LogP contribution < -0.4 is 0 Å². The molecule has 0 amide bonds. The minimum Gasteiger partial charge on any atom is -0.371 e. The van der Waals surface area contributed by atoms with E-state index in [9.17, 15) is 0 Å². The van der Waals surface area contributed by atoms with Gasteiger partial charge >= 0.3 is 0 Å². The predicted octanol–water partition coefficient (Wildman–Crippen LogP) is 4.11. The molecule has 2 aliphatic rings. The molecule has 0 aromatic rings. The maximum absolute atomic E-state index is 6.80. The van der Waals surface area contributed by atoms with Gasteiger partial charge in [-0.25, -0.2) is 6.57 Å². The lowest BCUT2D eigenvalue weighted by molar-refractivity contribution is -0.166. The van der Waals surface area contributed by atoms with E-state index in [1.807, 2.05) is 6.66 Å². The van der Waals surface area contributed by atoms with E-state index in [1.54, 1.807) is 0 Å². The minimum absolute atomic E-state index is 0.0645. The molecule has 4 unspecified atom stereocenters. The van der Waals surface area contributed by atoms with Crippen LogP contribution in [0.15, 0.2) is 0 Å². The van der Waals surface area contributed by atoms with E-state index in [2.05, 4.69) is 39.5 Å². The first kappa shape index (κ1) is 17.2. The van der Waals surface area contributed by atoms with Gasteiger partial charge in [0.15, 0.2) is 8.38 Å². The molecule has 2 bridgehead atoms. The second kappa shape index (κ2) is 5.78. The third kappa shape index (κ3) is 2.34. The van der Waals surface area contributed by atoms with E-state index in [-0.39, 0.29) is 22.5 Å². The van der Waals surface area contributed by atoms with Crippen LogP contribution in [0.5, 0.6) is 0 Å². The van der Waals surface area contributed by atoms with Gasteiger partial charge in [0.1, 0.15) is 12.2 Å². The van der Waals surface area contributed by atoms with Gasteiger partial charge in [0.25, 0.3) is 0 Å². The number of ether oxygens (including phenoxy) is 1. The lowest BCUT2D eigenvalue weighted by Gasteiger charge is -2.50. The van der Waals surface area contributed by atoms with E-state index < -0.39 is 8.38 Å². The van der Waals surface area contributed by atoms with E-state index in [0.29, 0.717) is 19.1 Å². The Morgan fingerprint density at radius 2 is 2.00 bits per heavy atom. The Labute approximate surface area is 130 Å². The Morgan fingerprint density at radius 1 is 1.33 bits per heavy atom. The molecular weight excluding hydrogens is 285 g/mol. The molecule has 1 heterocycles. The third-order valence-corrected chi connectivity index (χ3v) is 7.27. The van der Waals surface area contributed by atoms with E-state index >= 15 is 0 Å². The van der Waals surface area contributed by atoms with Crippen LogP contribution in [0, 0.1) is 23.3 Å². The lowest BCUT2D eigenvalue weighted by atomic mass is 9.61. The Bertz CT molecular complexity index is 432. The van der Waals surface area contributed by atoms with Crippen LogP contribution in [0.1, 0.15) is 41.0 Å². The zero-order chi connectivity index (χ0) is 15.9. The van der Waals surface area contributed by atoms with Crippen LogP contribution in [0.2, 0.25) is 0 Å². The van der Waals surface area contributed by atoms with Gasteiger partial charge in [0.05, 0.1) is 12.7 Å².